The summed E-state index contributed by atoms with van der Waals surface area (Å²) in [6, 6.07) is 7.74. The number of aromatic nitrogens is 1. The summed E-state index contributed by atoms with van der Waals surface area (Å²) in [5.74, 6) is 0.455. The molecular formula is C18H22N2O4S. The minimum atomic E-state index is -0.270. The number of thiazole rings is 1. The van der Waals surface area contributed by atoms with Gasteiger partial charge in [0.1, 0.15) is 10.8 Å². The van der Waals surface area contributed by atoms with Gasteiger partial charge < -0.3 is 14.8 Å². The van der Waals surface area contributed by atoms with E-state index in [4.69, 9.17) is 4.74 Å². The number of hydrogen-bond acceptors (Lipinski definition) is 6. The van der Waals surface area contributed by atoms with E-state index in [0.29, 0.717) is 26.0 Å². The van der Waals surface area contributed by atoms with Crippen molar-refractivity contribution in [3.63, 3.8) is 0 Å². The van der Waals surface area contributed by atoms with Crippen molar-refractivity contribution in [3.8, 4) is 16.3 Å². The predicted molar refractivity (Wildman–Crippen MR) is 96.7 cm³/mol. The molecule has 0 radical (unpaired) electrons. The van der Waals surface area contributed by atoms with Crippen LogP contribution in [0, 0.1) is 0 Å². The maximum atomic E-state index is 11.9. The molecule has 6 nitrogen and oxygen atoms in total. The van der Waals surface area contributed by atoms with Gasteiger partial charge in [-0.3, -0.25) is 9.59 Å². The molecule has 1 amide bonds. The zero-order valence-electron chi connectivity index (χ0n) is 14.4. The Hall–Kier alpha value is -2.41. The second kappa shape index (κ2) is 9.78. The Morgan fingerprint density at radius 1 is 1.24 bits per heavy atom. The Morgan fingerprint density at radius 3 is 2.68 bits per heavy atom. The molecule has 0 fully saturated rings. The summed E-state index contributed by atoms with van der Waals surface area (Å²) in [6.45, 7) is 3.03. The molecule has 1 heterocycles. The summed E-state index contributed by atoms with van der Waals surface area (Å²) in [7, 11) is 1.35. The molecule has 0 atom stereocenters. The van der Waals surface area contributed by atoms with Crippen molar-refractivity contribution >= 4 is 23.2 Å². The molecule has 134 valence electrons. The second-order valence-electron chi connectivity index (χ2n) is 5.31. The fourth-order valence-electron chi connectivity index (χ4n) is 2.17. The fraction of sp³-hybridized carbons (Fsp3) is 0.389. The third-order valence-electron chi connectivity index (χ3n) is 3.41. The summed E-state index contributed by atoms with van der Waals surface area (Å²) >= 11 is 1.51. The molecule has 0 bridgehead atoms. The minimum absolute atomic E-state index is 0.103. The first-order valence-corrected chi connectivity index (χ1v) is 9.01. The van der Waals surface area contributed by atoms with Crippen LogP contribution in [0.1, 0.15) is 25.5 Å². The SMILES string of the molecule is CCOc1ccc(-c2nc(CC(=O)NCCCC(=O)OC)cs2)cc1. The highest BCUT2D eigenvalue weighted by atomic mass is 32.1. The van der Waals surface area contributed by atoms with Gasteiger partial charge in [0.15, 0.2) is 0 Å². The molecule has 0 aliphatic carbocycles. The van der Waals surface area contributed by atoms with E-state index in [1.807, 2.05) is 36.6 Å². The van der Waals surface area contributed by atoms with E-state index in [9.17, 15) is 9.59 Å². The molecule has 1 N–H and O–H groups in total. The van der Waals surface area contributed by atoms with Crippen molar-refractivity contribution in [2.45, 2.75) is 26.2 Å². The van der Waals surface area contributed by atoms with Gasteiger partial charge in [-0.1, -0.05) is 0 Å². The van der Waals surface area contributed by atoms with Crippen molar-refractivity contribution in [3.05, 3.63) is 35.3 Å². The summed E-state index contributed by atoms with van der Waals surface area (Å²) < 4.78 is 9.97. The third kappa shape index (κ3) is 6.19. The molecule has 0 aliphatic rings. The van der Waals surface area contributed by atoms with Crippen molar-refractivity contribution in [1.29, 1.82) is 0 Å². The molecule has 7 heteroatoms. The van der Waals surface area contributed by atoms with Gasteiger partial charge in [-0.2, -0.15) is 0 Å². The third-order valence-corrected chi connectivity index (χ3v) is 4.35. The number of methoxy groups -OCH3 is 1. The summed E-state index contributed by atoms with van der Waals surface area (Å²) in [5, 5.41) is 5.54. The van der Waals surface area contributed by atoms with E-state index < -0.39 is 0 Å². The van der Waals surface area contributed by atoms with Crippen LogP contribution in [-0.2, 0) is 20.7 Å². The van der Waals surface area contributed by atoms with Crippen molar-refractivity contribution in [1.82, 2.24) is 10.3 Å². The van der Waals surface area contributed by atoms with Gasteiger partial charge in [-0.25, -0.2) is 4.98 Å². The number of amides is 1. The lowest BCUT2D eigenvalue weighted by molar-refractivity contribution is -0.140. The Morgan fingerprint density at radius 2 is 2.00 bits per heavy atom. The maximum absolute atomic E-state index is 11.9. The molecule has 1 aromatic carbocycles. The molecule has 2 aromatic rings. The number of rotatable bonds is 9. The largest absolute Gasteiger partial charge is 0.494 e. The van der Waals surface area contributed by atoms with Crippen LogP contribution in [0.5, 0.6) is 5.75 Å². The number of nitrogens with one attached hydrogen (secondary N) is 1. The van der Waals surface area contributed by atoms with Gasteiger partial charge in [-0.05, 0) is 37.6 Å². The van der Waals surface area contributed by atoms with Crippen molar-refractivity contribution < 1.29 is 19.1 Å². The fourth-order valence-corrected chi connectivity index (χ4v) is 3.00. The van der Waals surface area contributed by atoms with Gasteiger partial charge in [0, 0.05) is 23.9 Å². The zero-order valence-corrected chi connectivity index (χ0v) is 15.2. The van der Waals surface area contributed by atoms with Crippen molar-refractivity contribution in [2.75, 3.05) is 20.3 Å². The molecule has 0 saturated heterocycles. The van der Waals surface area contributed by atoms with Crippen LogP contribution in [0.15, 0.2) is 29.6 Å². The van der Waals surface area contributed by atoms with Gasteiger partial charge in [-0.15, -0.1) is 11.3 Å². The molecule has 0 saturated carbocycles. The number of ether oxygens (including phenoxy) is 2. The predicted octanol–water partition coefficient (Wildman–Crippen LogP) is 2.82. The zero-order chi connectivity index (χ0) is 18.1. The number of nitrogens with zero attached hydrogens (tertiary/aromatic N) is 1. The van der Waals surface area contributed by atoms with Gasteiger partial charge >= 0.3 is 5.97 Å². The van der Waals surface area contributed by atoms with E-state index in [1.54, 1.807) is 0 Å². The molecule has 0 unspecified atom stereocenters. The Kier molecular flexibility index (Phi) is 7.40. The van der Waals surface area contributed by atoms with Gasteiger partial charge in [0.25, 0.3) is 0 Å². The molecule has 1 aromatic heterocycles. The first-order valence-electron chi connectivity index (χ1n) is 8.13. The lowest BCUT2D eigenvalue weighted by Gasteiger charge is -2.04. The smallest absolute Gasteiger partial charge is 0.305 e. The lowest BCUT2D eigenvalue weighted by atomic mass is 10.2. The molecule has 25 heavy (non-hydrogen) atoms. The summed E-state index contributed by atoms with van der Waals surface area (Å²) in [5.41, 5.74) is 1.73. The monoisotopic (exact) mass is 362 g/mol. The molecular weight excluding hydrogens is 340 g/mol. The standard InChI is InChI=1S/C18H22N2O4S/c1-3-24-15-8-6-13(7-9-15)18-20-14(12-25-18)11-16(21)19-10-4-5-17(22)23-2/h6-9,12H,3-5,10-11H2,1-2H3,(H,19,21). The van der Waals surface area contributed by atoms with Crippen LogP contribution in [0.25, 0.3) is 10.6 Å². The van der Waals surface area contributed by atoms with Crippen LogP contribution >= 0.6 is 11.3 Å². The average molecular weight is 362 g/mol. The highest BCUT2D eigenvalue weighted by Crippen LogP contribution is 2.25. The van der Waals surface area contributed by atoms with E-state index in [-0.39, 0.29) is 18.3 Å². The van der Waals surface area contributed by atoms with Crippen LogP contribution in [0.3, 0.4) is 0 Å². The second-order valence-corrected chi connectivity index (χ2v) is 6.17. The highest BCUT2D eigenvalue weighted by Gasteiger charge is 2.09. The number of esters is 1. The van der Waals surface area contributed by atoms with E-state index in [1.165, 1.54) is 18.4 Å². The number of carbonyl (C=O) groups is 2. The quantitative estimate of drug-likeness (QED) is 0.548. The Labute approximate surface area is 151 Å². The topological polar surface area (TPSA) is 77.5 Å². The van der Waals surface area contributed by atoms with Crippen LogP contribution in [-0.4, -0.2) is 37.1 Å². The van der Waals surface area contributed by atoms with Crippen LogP contribution in [0.2, 0.25) is 0 Å². The minimum Gasteiger partial charge on any atom is -0.494 e. The van der Waals surface area contributed by atoms with E-state index >= 15 is 0 Å². The van der Waals surface area contributed by atoms with Crippen LogP contribution < -0.4 is 10.1 Å². The first-order chi connectivity index (χ1) is 12.1. The summed E-state index contributed by atoms with van der Waals surface area (Å²) in [6.07, 6.45) is 1.09. The van der Waals surface area contributed by atoms with Gasteiger partial charge in [0.2, 0.25) is 5.91 Å². The molecule has 2 rings (SSSR count). The van der Waals surface area contributed by atoms with Crippen molar-refractivity contribution in [2.24, 2.45) is 0 Å². The lowest BCUT2D eigenvalue weighted by Crippen LogP contribution is -2.26. The number of carbonyl (C=O) groups excluding carboxylic acids is 2. The number of benzene rings is 1. The Bertz CT molecular complexity index is 697. The summed E-state index contributed by atoms with van der Waals surface area (Å²) in [4.78, 5) is 27.4. The Balaban J connectivity index is 1.82. The molecule has 0 aliphatic heterocycles. The van der Waals surface area contributed by atoms with Gasteiger partial charge in [0.05, 0.1) is 25.8 Å². The maximum Gasteiger partial charge on any atom is 0.305 e. The number of hydrogen-bond donors (Lipinski definition) is 1. The highest BCUT2D eigenvalue weighted by molar-refractivity contribution is 7.13. The van der Waals surface area contributed by atoms with Crippen LogP contribution in [0.4, 0.5) is 0 Å². The first kappa shape index (κ1) is 18.9. The average Bonchev–Trinajstić information content (AvgIpc) is 3.07. The van der Waals surface area contributed by atoms with E-state index in [0.717, 1.165) is 22.0 Å². The normalized spacial score (nSPS) is 10.3. The van der Waals surface area contributed by atoms with E-state index in [2.05, 4.69) is 15.0 Å². The molecule has 0 spiro atoms.